The van der Waals surface area contributed by atoms with Crippen LogP contribution in [0.5, 0.6) is 0 Å². The first-order valence-corrected chi connectivity index (χ1v) is 5.99. The van der Waals surface area contributed by atoms with Crippen molar-refractivity contribution in [2.75, 3.05) is 19.6 Å². The average Bonchev–Trinajstić information content (AvgIpc) is 2.26. The molecule has 0 saturated carbocycles. The fraction of sp³-hybridized carbons (Fsp3) is 0.538. The second-order valence-corrected chi connectivity index (χ2v) is 4.73. The molecule has 0 bridgehead atoms. The first-order valence-electron chi connectivity index (χ1n) is 5.99. The highest BCUT2D eigenvalue weighted by Crippen LogP contribution is 2.23. The van der Waals surface area contributed by atoms with E-state index in [2.05, 4.69) is 17.1 Å². The average molecular weight is 240 g/mol. The van der Waals surface area contributed by atoms with Crippen LogP contribution in [0.4, 0.5) is 8.78 Å². The van der Waals surface area contributed by atoms with Crippen LogP contribution in [0.25, 0.3) is 0 Å². The third-order valence-corrected chi connectivity index (χ3v) is 3.32. The summed E-state index contributed by atoms with van der Waals surface area (Å²) in [5.41, 5.74) is 0.705. The lowest BCUT2D eigenvalue weighted by atomic mass is 10.0. The lowest BCUT2D eigenvalue weighted by molar-refractivity contribution is 0.158. The van der Waals surface area contributed by atoms with Gasteiger partial charge >= 0.3 is 0 Å². The molecule has 1 fully saturated rings. The molecule has 0 aromatic heterocycles. The van der Waals surface area contributed by atoms with Gasteiger partial charge in [-0.1, -0.05) is 0 Å². The second kappa shape index (κ2) is 5.10. The Morgan fingerprint density at radius 1 is 1.29 bits per heavy atom. The molecule has 2 nitrogen and oxygen atoms in total. The molecule has 4 heteroatoms. The quantitative estimate of drug-likeness (QED) is 0.853. The highest BCUT2D eigenvalue weighted by molar-refractivity contribution is 5.21. The summed E-state index contributed by atoms with van der Waals surface area (Å²) >= 11 is 0. The van der Waals surface area contributed by atoms with E-state index in [-0.39, 0.29) is 6.04 Å². The summed E-state index contributed by atoms with van der Waals surface area (Å²) in [7, 11) is 0. The molecule has 1 aromatic carbocycles. The minimum atomic E-state index is -0.505. The highest BCUT2D eigenvalue weighted by Gasteiger charge is 2.22. The Bertz CT molecular complexity index is 375. The summed E-state index contributed by atoms with van der Waals surface area (Å²) in [4.78, 5) is 2.25. The van der Waals surface area contributed by atoms with Gasteiger partial charge in [0.15, 0.2) is 0 Å². The Balaban J connectivity index is 2.15. The highest BCUT2D eigenvalue weighted by atomic mass is 19.1. The molecular weight excluding hydrogens is 222 g/mol. The third kappa shape index (κ3) is 3.01. The Labute approximate surface area is 101 Å². The molecule has 1 heterocycles. The van der Waals surface area contributed by atoms with Crippen LogP contribution >= 0.6 is 0 Å². The smallest absolute Gasteiger partial charge is 0.126 e. The SMILES string of the molecule is C[C@@H]1CN([C@H](C)c2cc(F)cc(F)c2)CCN1. The van der Waals surface area contributed by atoms with E-state index in [1.165, 1.54) is 12.1 Å². The number of hydrogen-bond acceptors (Lipinski definition) is 2. The number of rotatable bonds is 2. The fourth-order valence-electron chi connectivity index (χ4n) is 2.34. The van der Waals surface area contributed by atoms with Crippen LogP contribution in [0, 0.1) is 11.6 Å². The van der Waals surface area contributed by atoms with E-state index in [1.54, 1.807) is 0 Å². The number of halogens is 2. The fourth-order valence-corrected chi connectivity index (χ4v) is 2.34. The molecular formula is C13H18F2N2. The van der Waals surface area contributed by atoms with Gasteiger partial charge in [0.05, 0.1) is 0 Å². The maximum Gasteiger partial charge on any atom is 0.126 e. The summed E-state index contributed by atoms with van der Waals surface area (Å²) in [6.45, 7) is 6.84. The number of hydrogen-bond donors (Lipinski definition) is 1. The molecule has 0 spiro atoms. The number of piperazine rings is 1. The van der Waals surface area contributed by atoms with Gasteiger partial charge in [-0.15, -0.1) is 0 Å². The van der Waals surface area contributed by atoms with Gasteiger partial charge in [0, 0.05) is 37.8 Å². The maximum atomic E-state index is 13.2. The molecule has 94 valence electrons. The van der Waals surface area contributed by atoms with Crippen LogP contribution in [-0.4, -0.2) is 30.6 Å². The third-order valence-electron chi connectivity index (χ3n) is 3.32. The van der Waals surface area contributed by atoms with Gasteiger partial charge in [0.1, 0.15) is 11.6 Å². The van der Waals surface area contributed by atoms with Crippen LogP contribution in [-0.2, 0) is 0 Å². The molecule has 0 radical (unpaired) electrons. The van der Waals surface area contributed by atoms with Crippen LogP contribution in [0.3, 0.4) is 0 Å². The molecule has 1 N–H and O–H groups in total. The number of benzene rings is 1. The zero-order valence-corrected chi connectivity index (χ0v) is 10.2. The normalized spacial score (nSPS) is 23.6. The van der Waals surface area contributed by atoms with Crippen molar-refractivity contribution in [2.24, 2.45) is 0 Å². The number of nitrogens with zero attached hydrogens (tertiary/aromatic N) is 1. The molecule has 1 saturated heterocycles. The molecule has 0 amide bonds. The van der Waals surface area contributed by atoms with Gasteiger partial charge in [0.2, 0.25) is 0 Å². The Morgan fingerprint density at radius 2 is 1.94 bits per heavy atom. The van der Waals surface area contributed by atoms with Gasteiger partial charge in [-0.2, -0.15) is 0 Å². The first-order chi connectivity index (χ1) is 8.06. The number of nitrogens with one attached hydrogen (secondary N) is 1. The molecule has 1 aliphatic heterocycles. The molecule has 0 unspecified atom stereocenters. The Kier molecular flexibility index (Phi) is 3.74. The zero-order chi connectivity index (χ0) is 12.4. The molecule has 0 aliphatic carbocycles. The maximum absolute atomic E-state index is 13.2. The molecule has 17 heavy (non-hydrogen) atoms. The van der Waals surface area contributed by atoms with Crippen molar-refractivity contribution in [3.63, 3.8) is 0 Å². The van der Waals surface area contributed by atoms with E-state index in [4.69, 9.17) is 0 Å². The van der Waals surface area contributed by atoms with Gasteiger partial charge in [-0.3, -0.25) is 4.90 Å². The van der Waals surface area contributed by atoms with Gasteiger partial charge < -0.3 is 5.32 Å². The Morgan fingerprint density at radius 3 is 2.53 bits per heavy atom. The van der Waals surface area contributed by atoms with Gasteiger partial charge in [0.25, 0.3) is 0 Å². The van der Waals surface area contributed by atoms with Crippen molar-refractivity contribution in [3.8, 4) is 0 Å². The predicted molar refractivity (Wildman–Crippen MR) is 63.8 cm³/mol. The Hall–Kier alpha value is -1.00. The van der Waals surface area contributed by atoms with Gasteiger partial charge in [-0.25, -0.2) is 8.78 Å². The summed E-state index contributed by atoms with van der Waals surface area (Å²) in [5.74, 6) is -1.01. The minimum Gasteiger partial charge on any atom is -0.312 e. The van der Waals surface area contributed by atoms with Gasteiger partial charge in [-0.05, 0) is 31.5 Å². The van der Waals surface area contributed by atoms with E-state index in [1.807, 2.05) is 6.92 Å². The minimum absolute atomic E-state index is 0.0461. The van der Waals surface area contributed by atoms with E-state index < -0.39 is 11.6 Å². The molecule has 2 rings (SSSR count). The van der Waals surface area contributed by atoms with Crippen LogP contribution < -0.4 is 5.32 Å². The first kappa shape index (κ1) is 12.5. The van der Waals surface area contributed by atoms with Crippen LogP contribution in [0.1, 0.15) is 25.5 Å². The molecule has 1 aliphatic rings. The predicted octanol–water partition coefficient (Wildman–Crippen LogP) is 2.32. The van der Waals surface area contributed by atoms with Crippen LogP contribution in [0.2, 0.25) is 0 Å². The van der Waals surface area contributed by atoms with Crippen molar-refractivity contribution in [2.45, 2.75) is 25.9 Å². The van der Waals surface area contributed by atoms with E-state index in [9.17, 15) is 8.78 Å². The topological polar surface area (TPSA) is 15.3 Å². The van der Waals surface area contributed by atoms with Crippen molar-refractivity contribution in [3.05, 3.63) is 35.4 Å². The lowest BCUT2D eigenvalue weighted by Gasteiger charge is -2.36. The summed E-state index contributed by atoms with van der Waals surface area (Å²) in [6.07, 6.45) is 0. The van der Waals surface area contributed by atoms with E-state index >= 15 is 0 Å². The zero-order valence-electron chi connectivity index (χ0n) is 10.2. The van der Waals surface area contributed by atoms with Crippen molar-refractivity contribution in [1.82, 2.24) is 10.2 Å². The second-order valence-electron chi connectivity index (χ2n) is 4.73. The largest absolute Gasteiger partial charge is 0.312 e. The van der Waals surface area contributed by atoms with Crippen molar-refractivity contribution < 1.29 is 8.78 Å². The summed E-state index contributed by atoms with van der Waals surface area (Å²) < 4.78 is 26.3. The monoisotopic (exact) mass is 240 g/mol. The van der Waals surface area contributed by atoms with E-state index in [0.29, 0.717) is 11.6 Å². The summed E-state index contributed by atoms with van der Waals surface area (Å²) in [5, 5.41) is 3.35. The molecule has 1 aromatic rings. The van der Waals surface area contributed by atoms with Crippen molar-refractivity contribution >= 4 is 0 Å². The summed E-state index contributed by atoms with van der Waals surface area (Å²) in [6, 6.07) is 4.21. The van der Waals surface area contributed by atoms with E-state index in [0.717, 1.165) is 25.7 Å². The lowest BCUT2D eigenvalue weighted by Crippen LogP contribution is -2.49. The van der Waals surface area contributed by atoms with Crippen LogP contribution in [0.15, 0.2) is 18.2 Å². The van der Waals surface area contributed by atoms with Crippen molar-refractivity contribution in [1.29, 1.82) is 0 Å². The standard InChI is InChI=1S/C13H18F2N2/c1-9-8-17(4-3-16-9)10(2)11-5-12(14)7-13(15)6-11/h5-7,9-10,16H,3-4,8H2,1-2H3/t9-,10-/m1/s1. The molecule has 2 atom stereocenters.